The molecule has 4 rings (SSSR count). The van der Waals surface area contributed by atoms with Crippen LogP contribution >= 0.6 is 0 Å². The number of nitrogens with zero attached hydrogens (tertiary/aromatic N) is 4. The van der Waals surface area contributed by atoms with E-state index in [1.807, 2.05) is 79.7 Å². The maximum Gasteiger partial charge on any atom is 0.0886 e. The Morgan fingerprint density at radius 1 is 0.448 bits per heavy atom. The molecule has 0 fully saturated rings. The predicted octanol–water partition coefficient (Wildman–Crippen LogP) is 7.16. The lowest BCUT2D eigenvalue weighted by Gasteiger charge is -1.96. The van der Waals surface area contributed by atoms with Crippen molar-refractivity contribution in [3.63, 3.8) is 0 Å². The van der Waals surface area contributed by atoms with Gasteiger partial charge in [0.05, 0.1) is 11.4 Å². The third-order valence-electron chi connectivity index (χ3n) is 2.97. The van der Waals surface area contributed by atoms with Crippen molar-refractivity contribution < 1.29 is 0 Å². The van der Waals surface area contributed by atoms with Gasteiger partial charge in [0.1, 0.15) is 0 Å². The first-order valence-electron chi connectivity index (χ1n) is 7.91. The van der Waals surface area contributed by atoms with E-state index in [-0.39, 0.29) is 29.7 Å². The second-order valence-electron chi connectivity index (χ2n) is 4.93. The SMILES string of the molecule is C.C.C.C.Cc1ccccn1.c1ccc(-c2ccccn2)nc1.c1ccncc1. The van der Waals surface area contributed by atoms with Gasteiger partial charge in [0, 0.05) is 36.7 Å². The number of hydrogen-bond donors (Lipinski definition) is 0. The molecule has 4 nitrogen and oxygen atoms in total. The van der Waals surface area contributed by atoms with E-state index >= 15 is 0 Å². The lowest BCUT2D eigenvalue weighted by Crippen LogP contribution is -1.83. The van der Waals surface area contributed by atoms with Crippen LogP contribution in [0.1, 0.15) is 35.4 Å². The van der Waals surface area contributed by atoms with E-state index in [9.17, 15) is 0 Å². The molecule has 0 saturated carbocycles. The van der Waals surface area contributed by atoms with Gasteiger partial charge in [0.25, 0.3) is 0 Å². The third-order valence-corrected chi connectivity index (χ3v) is 2.97. The van der Waals surface area contributed by atoms with Crippen LogP contribution in [-0.4, -0.2) is 19.9 Å². The highest BCUT2D eigenvalue weighted by molar-refractivity contribution is 5.52. The molecule has 0 aromatic carbocycles. The maximum atomic E-state index is 4.19. The van der Waals surface area contributed by atoms with Crippen molar-refractivity contribution in [2.75, 3.05) is 0 Å². The maximum absolute atomic E-state index is 4.19. The molecular formula is C25H36N4. The molecule has 0 unspecified atom stereocenters. The Morgan fingerprint density at radius 2 is 0.862 bits per heavy atom. The predicted molar refractivity (Wildman–Crippen MR) is 128 cm³/mol. The van der Waals surface area contributed by atoms with E-state index in [1.54, 1.807) is 31.0 Å². The first kappa shape index (κ1) is 30.3. The summed E-state index contributed by atoms with van der Waals surface area (Å²) in [7, 11) is 0. The van der Waals surface area contributed by atoms with Crippen LogP contribution in [0.15, 0.2) is 104 Å². The molecule has 0 aliphatic rings. The largest absolute Gasteiger partial charge is 0.265 e. The van der Waals surface area contributed by atoms with Gasteiger partial charge in [-0.15, -0.1) is 0 Å². The highest BCUT2D eigenvalue weighted by atomic mass is 14.7. The van der Waals surface area contributed by atoms with Crippen LogP contribution < -0.4 is 0 Å². The van der Waals surface area contributed by atoms with Gasteiger partial charge in [-0.05, 0) is 55.5 Å². The molecule has 29 heavy (non-hydrogen) atoms. The molecule has 0 spiro atoms. The summed E-state index contributed by atoms with van der Waals surface area (Å²) in [5, 5.41) is 0. The lowest BCUT2D eigenvalue weighted by atomic mass is 10.2. The molecule has 4 heterocycles. The molecule has 0 aliphatic heterocycles. The Hall–Kier alpha value is -3.40. The summed E-state index contributed by atoms with van der Waals surface area (Å²) in [5.41, 5.74) is 2.90. The number of hydrogen-bond acceptors (Lipinski definition) is 4. The van der Waals surface area contributed by atoms with Gasteiger partial charge in [0.15, 0.2) is 0 Å². The van der Waals surface area contributed by atoms with E-state index in [2.05, 4.69) is 19.9 Å². The van der Waals surface area contributed by atoms with Gasteiger partial charge in [-0.25, -0.2) is 0 Å². The zero-order valence-corrected chi connectivity index (χ0v) is 14.1. The monoisotopic (exact) mass is 392 g/mol. The quantitative estimate of drug-likeness (QED) is 0.345. The molecule has 0 bridgehead atoms. The Kier molecular flexibility index (Phi) is 20.3. The first-order chi connectivity index (χ1) is 12.4. The summed E-state index contributed by atoms with van der Waals surface area (Å²) >= 11 is 0. The first-order valence-corrected chi connectivity index (χ1v) is 7.91. The van der Waals surface area contributed by atoms with Crippen molar-refractivity contribution in [1.82, 2.24) is 19.9 Å². The van der Waals surface area contributed by atoms with E-state index < -0.39 is 0 Å². The molecule has 0 atom stereocenters. The second-order valence-corrected chi connectivity index (χ2v) is 4.93. The van der Waals surface area contributed by atoms with E-state index in [4.69, 9.17) is 0 Å². The average Bonchev–Trinajstić information content (AvgIpc) is 2.72. The second kappa shape index (κ2) is 19.4. The minimum atomic E-state index is 0. The molecule has 0 amide bonds. The minimum Gasteiger partial charge on any atom is -0.265 e. The van der Waals surface area contributed by atoms with Crippen LogP contribution in [0.5, 0.6) is 0 Å². The van der Waals surface area contributed by atoms with Crippen LogP contribution in [0.2, 0.25) is 0 Å². The molecule has 0 saturated heterocycles. The minimum absolute atomic E-state index is 0. The zero-order valence-electron chi connectivity index (χ0n) is 14.1. The smallest absolute Gasteiger partial charge is 0.0886 e. The van der Waals surface area contributed by atoms with Crippen LogP contribution in [0.3, 0.4) is 0 Å². The number of pyridine rings is 4. The van der Waals surface area contributed by atoms with Crippen molar-refractivity contribution in [2.24, 2.45) is 0 Å². The van der Waals surface area contributed by atoms with Crippen molar-refractivity contribution in [2.45, 2.75) is 36.6 Å². The number of aryl methyl sites for hydroxylation is 1. The van der Waals surface area contributed by atoms with Crippen molar-refractivity contribution in [3.05, 3.63) is 109 Å². The van der Waals surface area contributed by atoms with Crippen molar-refractivity contribution in [3.8, 4) is 11.4 Å². The van der Waals surface area contributed by atoms with Crippen molar-refractivity contribution in [1.29, 1.82) is 0 Å². The van der Waals surface area contributed by atoms with Gasteiger partial charge in [-0.1, -0.05) is 54.0 Å². The average molecular weight is 393 g/mol. The van der Waals surface area contributed by atoms with E-state index in [1.165, 1.54) is 0 Å². The third kappa shape index (κ3) is 13.4. The molecule has 0 aliphatic carbocycles. The molecule has 4 aromatic heterocycles. The number of aromatic nitrogens is 4. The van der Waals surface area contributed by atoms with E-state index in [0.717, 1.165) is 17.1 Å². The summed E-state index contributed by atoms with van der Waals surface area (Å²) < 4.78 is 0. The summed E-state index contributed by atoms with van der Waals surface area (Å²) in [6, 6.07) is 23.2. The Labute approximate surface area is 177 Å². The zero-order chi connectivity index (χ0) is 17.6. The molecule has 156 valence electrons. The fourth-order valence-corrected chi connectivity index (χ4v) is 1.79. The van der Waals surface area contributed by atoms with Crippen molar-refractivity contribution >= 4 is 0 Å². The van der Waals surface area contributed by atoms with Crippen LogP contribution in [0.25, 0.3) is 11.4 Å². The van der Waals surface area contributed by atoms with Crippen LogP contribution in [0, 0.1) is 6.92 Å². The molecule has 0 radical (unpaired) electrons. The highest BCUT2D eigenvalue weighted by Crippen LogP contribution is 2.10. The fourth-order valence-electron chi connectivity index (χ4n) is 1.79. The van der Waals surface area contributed by atoms with Gasteiger partial charge < -0.3 is 0 Å². The van der Waals surface area contributed by atoms with E-state index in [0.29, 0.717) is 0 Å². The molecule has 4 heteroatoms. The van der Waals surface area contributed by atoms with Crippen LogP contribution in [0.4, 0.5) is 0 Å². The lowest BCUT2D eigenvalue weighted by molar-refractivity contribution is 1.20. The number of rotatable bonds is 1. The molecule has 4 aromatic rings. The normalized spacial score (nSPS) is 7.76. The molecular weight excluding hydrogens is 356 g/mol. The van der Waals surface area contributed by atoms with Gasteiger partial charge >= 0.3 is 0 Å². The highest BCUT2D eigenvalue weighted by Gasteiger charge is 1.95. The summed E-state index contributed by atoms with van der Waals surface area (Å²) in [6.07, 6.45) is 8.82. The summed E-state index contributed by atoms with van der Waals surface area (Å²) in [6.45, 7) is 1.97. The van der Waals surface area contributed by atoms with Gasteiger partial charge in [0.2, 0.25) is 0 Å². The van der Waals surface area contributed by atoms with Crippen LogP contribution in [-0.2, 0) is 0 Å². The summed E-state index contributed by atoms with van der Waals surface area (Å²) in [4.78, 5) is 16.1. The Morgan fingerprint density at radius 3 is 1.07 bits per heavy atom. The van der Waals surface area contributed by atoms with Gasteiger partial charge in [-0.2, -0.15) is 0 Å². The fraction of sp³-hybridized carbons (Fsp3) is 0.200. The Bertz CT molecular complexity index is 729. The standard InChI is InChI=1S/C10H8N2.C6H7N.C5H5N.4CH4/c1-3-7-11-9(5-1)10-6-2-4-8-12-10;1-6-4-2-3-5-7-6;1-2-4-6-5-3-1;;;;/h1-8H;2-5H,1H3;1-5H;4*1H4. The Balaban J connectivity index is -0.000000349. The summed E-state index contributed by atoms with van der Waals surface area (Å²) in [5.74, 6) is 0. The topological polar surface area (TPSA) is 51.6 Å². The van der Waals surface area contributed by atoms with Gasteiger partial charge in [-0.3, -0.25) is 19.9 Å². The molecule has 0 N–H and O–H groups in total.